The van der Waals surface area contributed by atoms with Crippen LogP contribution in [-0.2, 0) is 18.3 Å². The molecule has 0 aliphatic heterocycles. The summed E-state index contributed by atoms with van der Waals surface area (Å²) in [4.78, 5) is 15.9. The van der Waals surface area contributed by atoms with E-state index < -0.39 is 0 Å². The van der Waals surface area contributed by atoms with E-state index >= 15 is 0 Å². The monoisotopic (exact) mass is 386 g/mol. The third kappa shape index (κ3) is 4.34. The number of carbonyl (C=O) groups excluding carboxylic acids is 1. The van der Waals surface area contributed by atoms with Crippen molar-refractivity contribution in [2.45, 2.75) is 31.5 Å². The zero-order valence-electron chi connectivity index (χ0n) is 15.1. The van der Waals surface area contributed by atoms with Crippen LogP contribution in [0.15, 0.2) is 53.0 Å². The lowest BCUT2D eigenvalue weighted by atomic mass is 10.2. The first kappa shape index (κ1) is 18.7. The quantitative estimate of drug-likeness (QED) is 0.576. The highest BCUT2D eigenvalue weighted by molar-refractivity contribution is 7.99. The van der Waals surface area contributed by atoms with Crippen LogP contribution in [0.4, 0.5) is 5.69 Å². The Morgan fingerprint density at radius 2 is 1.96 bits per heavy atom. The van der Waals surface area contributed by atoms with Gasteiger partial charge in [-0.1, -0.05) is 36.0 Å². The maximum atomic E-state index is 12.8. The van der Waals surface area contributed by atoms with Crippen LogP contribution in [-0.4, -0.2) is 32.5 Å². The number of hydrogen-bond donors (Lipinski definition) is 0. The van der Waals surface area contributed by atoms with Crippen LogP contribution in [0.2, 0.25) is 0 Å². The Labute approximate surface area is 162 Å². The first-order valence-electron chi connectivity index (χ1n) is 8.47. The number of carbonyl (C=O) groups is 1. The van der Waals surface area contributed by atoms with Crippen molar-refractivity contribution in [1.29, 1.82) is 0 Å². The van der Waals surface area contributed by atoms with Gasteiger partial charge in [0.25, 0.3) is 0 Å². The summed E-state index contributed by atoms with van der Waals surface area (Å²) < 4.78 is 1.97. The van der Waals surface area contributed by atoms with Crippen LogP contribution in [0.3, 0.4) is 0 Å². The highest BCUT2D eigenvalue weighted by Gasteiger charge is 2.20. The zero-order valence-corrected chi connectivity index (χ0v) is 16.8. The number of aromatic nitrogens is 3. The SMILES string of the molecule is CC(C)N(C(=O)CSc1nnc(Cc2cccs2)n1C)c1ccccc1. The third-order valence-corrected chi connectivity index (χ3v) is 5.86. The average molecular weight is 387 g/mol. The van der Waals surface area contributed by atoms with E-state index in [4.69, 9.17) is 0 Å². The molecule has 3 aromatic rings. The molecule has 7 heteroatoms. The molecule has 0 unspecified atom stereocenters. The Morgan fingerprint density at radius 1 is 1.19 bits per heavy atom. The molecule has 0 N–H and O–H groups in total. The molecule has 3 rings (SSSR count). The summed E-state index contributed by atoms with van der Waals surface area (Å²) in [5, 5.41) is 11.4. The van der Waals surface area contributed by atoms with Gasteiger partial charge in [-0.2, -0.15) is 0 Å². The molecule has 0 atom stereocenters. The molecule has 2 heterocycles. The second-order valence-corrected chi connectivity index (χ2v) is 8.17. The fourth-order valence-electron chi connectivity index (χ4n) is 2.71. The van der Waals surface area contributed by atoms with Gasteiger partial charge in [0.15, 0.2) is 5.16 Å². The van der Waals surface area contributed by atoms with Gasteiger partial charge in [0.05, 0.1) is 5.75 Å². The number of nitrogens with zero attached hydrogens (tertiary/aromatic N) is 4. The van der Waals surface area contributed by atoms with Crippen LogP contribution in [0.5, 0.6) is 0 Å². The van der Waals surface area contributed by atoms with Crippen molar-refractivity contribution < 1.29 is 4.79 Å². The highest BCUT2D eigenvalue weighted by Crippen LogP contribution is 2.22. The maximum Gasteiger partial charge on any atom is 0.237 e. The van der Waals surface area contributed by atoms with Crippen LogP contribution in [0.25, 0.3) is 0 Å². The molecule has 0 fully saturated rings. The maximum absolute atomic E-state index is 12.8. The van der Waals surface area contributed by atoms with Gasteiger partial charge < -0.3 is 9.47 Å². The highest BCUT2D eigenvalue weighted by atomic mass is 32.2. The number of thiophene rings is 1. The molecule has 0 saturated heterocycles. The van der Waals surface area contributed by atoms with Crippen LogP contribution in [0, 0.1) is 0 Å². The molecule has 1 aromatic carbocycles. The van der Waals surface area contributed by atoms with Gasteiger partial charge in [0.2, 0.25) is 5.91 Å². The fourth-order valence-corrected chi connectivity index (χ4v) is 4.20. The van der Waals surface area contributed by atoms with Crippen molar-refractivity contribution in [2.75, 3.05) is 10.7 Å². The molecule has 5 nitrogen and oxygen atoms in total. The topological polar surface area (TPSA) is 51.0 Å². The van der Waals surface area contributed by atoms with Crippen molar-refractivity contribution in [3.8, 4) is 0 Å². The minimum absolute atomic E-state index is 0.0685. The minimum Gasteiger partial charge on any atom is -0.309 e. The zero-order chi connectivity index (χ0) is 18.5. The standard InChI is InChI=1S/C19H22N4OS2/c1-14(2)23(15-8-5-4-6-9-15)18(24)13-26-19-21-20-17(22(19)3)12-16-10-7-11-25-16/h4-11,14H,12-13H2,1-3H3. The van der Waals surface area contributed by atoms with Crippen LogP contribution >= 0.6 is 23.1 Å². The molecule has 0 spiro atoms. The van der Waals surface area contributed by atoms with E-state index in [0.29, 0.717) is 5.75 Å². The van der Waals surface area contributed by atoms with Crippen molar-refractivity contribution >= 4 is 34.7 Å². The van der Waals surface area contributed by atoms with Gasteiger partial charge in [0, 0.05) is 30.1 Å². The predicted molar refractivity (Wildman–Crippen MR) is 108 cm³/mol. The second kappa shape index (κ2) is 8.51. The molecule has 0 saturated carbocycles. The average Bonchev–Trinajstić information content (AvgIpc) is 3.25. The number of para-hydroxylation sites is 1. The number of rotatable bonds is 7. The van der Waals surface area contributed by atoms with E-state index in [-0.39, 0.29) is 11.9 Å². The van der Waals surface area contributed by atoms with E-state index in [1.54, 1.807) is 11.3 Å². The van der Waals surface area contributed by atoms with Gasteiger partial charge in [-0.15, -0.1) is 21.5 Å². The van der Waals surface area contributed by atoms with Crippen LogP contribution < -0.4 is 4.90 Å². The number of amides is 1. The van der Waals surface area contributed by atoms with E-state index in [2.05, 4.69) is 21.6 Å². The van der Waals surface area contributed by atoms with E-state index in [0.717, 1.165) is 23.1 Å². The molecule has 0 bridgehead atoms. The predicted octanol–water partition coefficient (Wildman–Crippen LogP) is 4.00. The smallest absolute Gasteiger partial charge is 0.237 e. The van der Waals surface area contributed by atoms with E-state index in [1.165, 1.54) is 16.6 Å². The Bertz CT molecular complexity index is 844. The lowest BCUT2D eigenvalue weighted by Gasteiger charge is -2.26. The van der Waals surface area contributed by atoms with Crippen LogP contribution in [0.1, 0.15) is 24.5 Å². The number of benzene rings is 1. The first-order chi connectivity index (χ1) is 12.6. The summed E-state index contributed by atoms with van der Waals surface area (Å²) in [6, 6.07) is 14.0. The van der Waals surface area contributed by atoms with E-state index in [9.17, 15) is 4.79 Å². The molecular formula is C19H22N4OS2. The summed E-state index contributed by atoms with van der Waals surface area (Å²) >= 11 is 3.14. The van der Waals surface area contributed by atoms with Gasteiger partial charge in [-0.25, -0.2) is 0 Å². The number of anilines is 1. The van der Waals surface area contributed by atoms with Crippen molar-refractivity contribution in [1.82, 2.24) is 14.8 Å². The van der Waals surface area contributed by atoms with Gasteiger partial charge >= 0.3 is 0 Å². The second-order valence-electron chi connectivity index (χ2n) is 6.20. The lowest BCUT2D eigenvalue weighted by Crippen LogP contribution is -2.38. The van der Waals surface area contributed by atoms with Crippen molar-refractivity contribution in [3.05, 3.63) is 58.5 Å². The Balaban J connectivity index is 1.66. The normalized spacial score (nSPS) is 11.1. The summed E-state index contributed by atoms with van der Waals surface area (Å²) in [6.07, 6.45) is 0.762. The van der Waals surface area contributed by atoms with Gasteiger partial charge in [-0.05, 0) is 37.4 Å². The third-order valence-electron chi connectivity index (χ3n) is 3.98. The number of thioether (sulfide) groups is 1. The lowest BCUT2D eigenvalue weighted by molar-refractivity contribution is -0.116. The van der Waals surface area contributed by atoms with E-state index in [1.807, 2.05) is 66.8 Å². The summed E-state index contributed by atoms with van der Waals surface area (Å²) in [6.45, 7) is 4.05. The molecule has 26 heavy (non-hydrogen) atoms. The first-order valence-corrected chi connectivity index (χ1v) is 10.3. The van der Waals surface area contributed by atoms with Crippen molar-refractivity contribution in [3.63, 3.8) is 0 Å². The molecule has 1 amide bonds. The summed E-state index contributed by atoms with van der Waals surface area (Å²) in [7, 11) is 1.95. The Kier molecular flexibility index (Phi) is 6.11. The molecule has 0 radical (unpaired) electrons. The fraction of sp³-hybridized carbons (Fsp3) is 0.316. The molecule has 136 valence electrons. The molecular weight excluding hydrogens is 364 g/mol. The molecule has 0 aliphatic carbocycles. The summed E-state index contributed by atoms with van der Waals surface area (Å²) in [5.74, 6) is 1.31. The molecule has 2 aromatic heterocycles. The Morgan fingerprint density at radius 3 is 2.62 bits per heavy atom. The minimum atomic E-state index is 0.0685. The number of hydrogen-bond acceptors (Lipinski definition) is 5. The summed E-state index contributed by atoms with van der Waals surface area (Å²) in [5.41, 5.74) is 0.921. The molecule has 0 aliphatic rings. The largest absolute Gasteiger partial charge is 0.309 e. The van der Waals surface area contributed by atoms with Crippen molar-refractivity contribution in [2.24, 2.45) is 7.05 Å². The van der Waals surface area contributed by atoms with Gasteiger partial charge in [0.1, 0.15) is 5.82 Å². The Hall–Kier alpha value is -2.12. The van der Waals surface area contributed by atoms with Gasteiger partial charge in [-0.3, -0.25) is 4.79 Å².